The minimum atomic E-state index is 0.407. The lowest BCUT2D eigenvalue weighted by atomic mass is 9.89. The van der Waals surface area contributed by atoms with Crippen LogP contribution in [-0.2, 0) is 4.79 Å². The van der Waals surface area contributed by atoms with Crippen molar-refractivity contribution in [1.82, 2.24) is 10.2 Å². The molecule has 3 heteroatoms. The maximum absolute atomic E-state index is 12.3. The number of hydrogen-bond donors (Lipinski definition) is 1. The summed E-state index contributed by atoms with van der Waals surface area (Å²) in [5.41, 5.74) is 0. The fourth-order valence-corrected chi connectivity index (χ4v) is 3.72. The molecule has 2 heterocycles. The Morgan fingerprint density at radius 1 is 1.15 bits per heavy atom. The number of nitrogens with zero attached hydrogens (tertiary/aromatic N) is 1. The van der Waals surface area contributed by atoms with Crippen molar-refractivity contribution in [3.05, 3.63) is 0 Å². The summed E-state index contributed by atoms with van der Waals surface area (Å²) in [4.78, 5) is 14.4. The fraction of sp³-hybridized carbons (Fsp3) is 0.941. The van der Waals surface area contributed by atoms with Gasteiger partial charge in [0, 0.05) is 25.6 Å². The van der Waals surface area contributed by atoms with Crippen molar-refractivity contribution in [2.75, 3.05) is 19.6 Å². The average molecular weight is 280 g/mol. The molecule has 2 aliphatic heterocycles. The summed E-state index contributed by atoms with van der Waals surface area (Å²) in [7, 11) is 0. The summed E-state index contributed by atoms with van der Waals surface area (Å²) >= 11 is 0. The van der Waals surface area contributed by atoms with Crippen molar-refractivity contribution in [2.24, 2.45) is 5.92 Å². The van der Waals surface area contributed by atoms with Crippen LogP contribution in [0.5, 0.6) is 0 Å². The van der Waals surface area contributed by atoms with Crippen molar-refractivity contribution in [1.29, 1.82) is 0 Å². The van der Waals surface area contributed by atoms with E-state index in [1.54, 1.807) is 0 Å². The van der Waals surface area contributed by atoms with Crippen LogP contribution in [0.25, 0.3) is 0 Å². The third-order valence-electron chi connectivity index (χ3n) is 4.97. The number of piperidine rings is 1. The summed E-state index contributed by atoms with van der Waals surface area (Å²) in [6, 6.07) is 0.676. The molecule has 116 valence electrons. The molecule has 0 radical (unpaired) electrons. The van der Waals surface area contributed by atoms with Gasteiger partial charge < -0.3 is 10.2 Å². The lowest BCUT2D eigenvalue weighted by Gasteiger charge is -2.36. The van der Waals surface area contributed by atoms with E-state index in [0.29, 0.717) is 17.9 Å². The summed E-state index contributed by atoms with van der Waals surface area (Å²) < 4.78 is 0. The molecule has 20 heavy (non-hydrogen) atoms. The number of unbranched alkanes of at least 4 members (excludes halogenated alkanes) is 4. The van der Waals surface area contributed by atoms with Crippen LogP contribution in [0.4, 0.5) is 0 Å². The van der Waals surface area contributed by atoms with Crippen LogP contribution in [-0.4, -0.2) is 36.5 Å². The highest BCUT2D eigenvalue weighted by atomic mass is 16.2. The Hall–Kier alpha value is -0.570. The van der Waals surface area contributed by atoms with Gasteiger partial charge in [-0.2, -0.15) is 0 Å². The molecule has 2 atom stereocenters. The molecule has 1 N–H and O–H groups in total. The average Bonchev–Trinajstić information content (AvgIpc) is 3.01. The first-order valence-electron chi connectivity index (χ1n) is 8.82. The van der Waals surface area contributed by atoms with Crippen LogP contribution in [0.15, 0.2) is 0 Å². The van der Waals surface area contributed by atoms with Gasteiger partial charge in [-0.3, -0.25) is 4.79 Å². The van der Waals surface area contributed by atoms with Gasteiger partial charge in [0.1, 0.15) is 0 Å². The Kier molecular flexibility index (Phi) is 6.85. The van der Waals surface area contributed by atoms with Gasteiger partial charge in [-0.05, 0) is 44.6 Å². The molecule has 0 aromatic carbocycles. The summed E-state index contributed by atoms with van der Waals surface area (Å²) in [5.74, 6) is 1.11. The fourth-order valence-electron chi connectivity index (χ4n) is 3.72. The molecule has 2 fully saturated rings. The highest BCUT2D eigenvalue weighted by Crippen LogP contribution is 2.25. The van der Waals surface area contributed by atoms with E-state index >= 15 is 0 Å². The van der Waals surface area contributed by atoms with E-state index in [1.165, 1.54) is 57.9 Å². The molecular weight excluding hydrogens is 248 g/mol. The van der Waals surface area contributed by atoms with Gasteiger partial charge in [0.05, 0.1) is 0 Å². The Morgan fingerprint density at radius 3 is 2.75 bits per heavy atom. The van der Waals surface area contributed by atoms with E-state index < -0.39 is 0 Å². The second-order valence-corrected chi connectivity index (χ2v) is 6.61. The second kappa shape index (κ2) is 8.66. The van der Waals surface area contributed by atoms with E-state index in [1.807, 2.05) is 0 Å². The number of amides is 1. The van der Waals surface area contributed by atoms with Crippen LogP contribution in [0, 0.1) is 5.92 Å². The standard InChI is InChI=1S/C17H32N2O/c1-2-3-4-5-6-11-17(20)19-13-8-9-15(14-19)16-10-7-12-18-16/h15-16,18H,2-14H2,1H3. The number of carbonyl (C=O) groups excluding carboxylic acids is 1. The highest BCUT2D eigenvalue weighted by Gasteiger charge is 2.30. The Bertz CT molecular complexity index is 287. The molecule has 3 nitrogen and oxygen atoms in total. The lowest BCUT2D eigenvalue weighted by molar-refractivity contribution is -0.133. The molecule has 0 saturated carbocycles. The molecule has 2 unspecified atom stereocenters. The minimum absolute atomic E-state index is 0.407. The van der Waals surface area contributed by atoms with Crippen LogP contribution in [0.2, 0.25) is 0 Å². The first-order valence-corrected chi connectivity index (χ1v) is 8.82. The quantitative estimate of drug-likeness (QED) is 0.725. The predicted molar refractivity (Wildman–Crippen MR) is 83.7 cm³/mol. The van der Waals surface area contributed by atoms with Gasteiger partial charge in [-0.15, -0.1) is 0 Å². The minimum Gasteiger partial charge on any atom is -0.342 e. The third-order valence-corrected chi connectivity index (χ3v) is 4.97. The van der Waals surface area contributed by atoms with Gasteiger partial charge in [0.2, 0.25) is 5.91 Å². The molecule has 2 saturated heterocycles. The summed E-state index contributed by atoms with van der Waals surface area (Å²) in [6.07, 6.45) is 12.1. The zero-order valence-corrected chi connectivity index (χ0v) is 13.2. The van der Waals surface area contributed by atoms with Crippen LogP contribution in [0.1, 0.15) is 71.1 Å². The zero-order valence-electron chi connectivity index (χ0n) is 13.2. The Morgan fingerprint density at radius 2 is 2.00 bits per heavy atom. The molecule has 0 spiro atoms. The monoisotopic (exact) mass is 280 g/mol. The molecular formula is C17H32N2O. The first kappa shape index (κ1) is 15.8. The van der Waals surface area contributed by atoms with Crippen molar-refractivity contribution in [3.63, 3.8) is 0 Å². The van der Waals surface area contributed by atoms with Crippen molar-refractivity contribution in [3.8, 4) is 0 Å². The van der Waals surface area contributed by atoms with E-state index in [0.717, 1.165) is 25.9 Å². The Labute approximate surface area is 124 Å². The molecule has 2 aliphatic rings. The Balaban J connectivity index is 1.67. The SMILES string of the molecule is CCCCCCCC(=O)N1CCCC(C2CCCN2)C1. The molecule has 0 aromatic heterocycles. The number of likely N-dealkylation sites (tertiary alicyclic amines) is 1. The smallest absolute Gasteiger partial charge is 0.222 e. The summed E-state index contributed by atoms with van der Waals surface area (Å²) in [5, 5.41) is 3.61. The number of hydrogen-bond acceptors (Lipinski definition) is 2. The van der Waals surface area contributed by atoms with E-state index in [9.17, 15) is 4.79 Å². The van der Waals surface area contributed by atoms with Crippen LogP contribution >= 0.6 is 0 Å². The summed E-state index contributed by atoms with van der Waals surface area (Å²) in [6.45, 7) is 5.41. The van der Waals surface area contributed by atoms with E-state index in [2.05, 4.69) is 17.1 Å². The highest BCUT2D eigenvalue weighted by molar-refractivity contribution is 5.76. The first-order chi connectivity index (χ1) is 9.81. The largest absolute Gasteiger partial charge is 0.342 e. The normalized spacial score (nSPS) is 26.9. The van der Waals surface area contributed by atoms with Crippen molar-refractivity contribution >= 4 is 5.91 Å². The van der Waals surface area contributed by atoms with Crippen LogP contribution in [0.3, 0.4) is 0 Å². The van der Waals surface area contributed by atoms with Crippen LogP contribution < -0.4 is 5.32 Å². The number of nitrogens with one attached hydrogen (secondary N) is 1. The van der Waals surface area contributed by atoms with Gasteiger partial charge in [0.25, 0.3) is 0 Å². The third kappa shape index (κ3) is 4.76. The van der Waals surface area contributed by atoms with Gasteiger partial charge >= 0.3 is 0 Å². The predicted octanol–water partition coefficient (Wildman–Crippen LogP) is 3.34. The molecule has 2 rings (SSSR count). The second-order valence-electron chi connectivity index (χ2n) is 6.61. The maximum Gasteiger partial charge on any atom is 0.222 e. The van der Waals surface area contributed by atoms with Gasteiger partial charge in [0.15, 0.2) is 0 Å². The van der Waals surface area contributed by atoms with Gasteiger partial charge in [-0.1, -0.05) is 32.6 Å². The van der Waals surface area contributed by atoms with Gasteiger partial charge in [-0.25, -0.2) is 0 Å². The molecule has 0 aliphatic carbocycles. The molecule has 0 aromatic rings. The number of rotatable bonds is 7. The van der Waals surface area contributed by atoms with E-state index in [4.69, 9.17) is 0 Å². The van der Waals surface area contributed by atoms with Crippen molar-refractivity contribution in [2.45, 2.75) is 77.2 Å². The topological polar surface area (TPSA) is 32.3 Å². The lowest BCUT2D eigenvalue weighted by Crippen LogP contribution is -2.45. The maximum atomic E-state index is 12.3. The zero-order chi connectivity index (χ0) is 14.2. The van der Waals surface area contributed by atoms with Crippen molar-refractivity contribution < 1.29 is 4.79 Å². The van der Waals surface area contributed by atoms with E-state index in [-0.39, 0.29) is 0 Å². The molecule has 1 amide bonds. The molecule has 0 bridgehead atoms. The number of carbonyl (C=O) groups is 1.